The van der Waals surface area contributed by atoms with Crippen molar-refractivity contribution in [1.82, 2.24) is 10.8 Å². The Balaban J connectivity index is 2.52. The van der Waals surface area contributed by atoms with E-state index >= 15 is 0 Å². The number of amides is 2. The number of anilines is 1. The Morgan fingerprint density at radius 3 is 2.58 bits per heavy atom. The average molecular weight is 265 g/mol. The molecular formula is C13H19N3O3. The standard InChI is InChI=1S/C13H19N3O3/c1-16(2)11-7-4-3-6-10(11)13(18)14-9-5-8-12(17)15-19/h3-4,6-7,19H,5,8-9H2,1-2H3,(H,14,18)(H,15,17). The van der Waals surface area contributed by atoms with Gasteiger partial charge in [0.2, 0.25) is 5.91 Å². The van der Waals surface area contributed by atoms with Gasteiger partial charge in [0.25, 0.3) is 5.91 Å². The smallest absolute Gasteiger partial charge is 0.253 e. The van der Waals surface area contributed by atoms with Gasteiger partial charge in [-0.3, -0.25) is 14.8 Å². The minimum atomic E-state index is -0.456. The summed E-state index contributed by atoms with van der Waals surface area (Å²) in [5.41, 5.74) is 2.99. The lowest BCUT2D eigenvalue weighted by atomic mass is 10.1. The maximum absolute atomic E-state index is 12.0. The van der Waals surface area contributed by atoms with E-state index in [2.05, 4.69) is 5.32 Å². The molecule has 3 N–H and O–H groups in total. The molecule has 1 aromatic rings. The summed E-state index contributed by atoms with van der Waals surface area (Å²) in [4.78, 5) is 24.7. The highest BCUT2D eigenvalue weighted by Crippen LogP contribution is 2.17. The highest BCUT2D eigenvalue weighted by atomic mass is 16.5. The molecule has 0 saturated carbocycles. The molecule has 0 unspecified atom stereocenters. The number of nitrogens with zero attached hydrogens (tertiary/aromatic N) is 1. The van der Waals surface area contributed by atoms with E-state index in [1.54, 1.807) is 17.6 Å². The number of hydrogen-bond acceptors (Lipinski definition) is 4. The van der Waals surface area contributed by atoms with Crippen LogP contribution in [0.3, 0.4) is 0 Å². The third kappa shape index (κ3) is 4.59. The van der Waals surface area contributed by atoms with Crippen molar-refractivity contribution in [1.29, 1.82) is 0 Å². The summed E-state index contributed by atoms with van der Waals surface area (Å²) in [6.45, 7) is 0.383. The number of carbonyl (C=O) groups is 2. The molecule has 0 aliphatic heterocycles. The van der Waals surface area contributed by atoms with E-state index in [0.29, 0.717) is 18.5 Å². The third-order valence-corrected chi connectivity index (χ3v) is 2.62. The molecule has 6 nitrogen and oxygen atoms in total. The predicted octanol–water partition coefficient (Wildman–Crippen LogP) is 0.768. The third-order valence-electron chi connectivity index (χ3n) is 2.62. The van der Waals surface area contributed by atoms with Gasteiger partial charge >= 0.3 is 0 Å². The molecule has 1 rings (SSSR count). The Bertz CT molecular complexity index is 447. The lowest BCUT2D eigenvalue weighted by Gasteiger charge is -2.16. The fourth-order valence-electron chi connectivity index (χ4n) is 1.66. The largest absolute Gasteiger partial charge is 0.377 e. The molecule has 2 amide bonds. The monoisotopic (exact) mass is 265 g/mol. The molecule has 0 aliphatic carbocycles. The molecule has 0 saturated heterocycles. The van der Waals surface area contributed by atoms with Crippen LogP contribution >= 0.6 is 0 Å². The highest BCUT2D eigenvalue weighted by molar-refractivity contribution is 5.99. The fraction of sp³-hybridized carbons (Fsp3) is 0.385. The summed E-state index contributed by atoms with van der Waals surface area (Å²) in [5.74, 6) is -0.628. The summed E-state index contributed by atoms with van der Waals surface area (Å²) in [5, 5.41) is 11.1. The number of para-hydroxylation sites is 1. The summed E-state index contributed by atoms with van der Waals surface area (Å²) in [7, 11) is 3.75. The van der Waals surface area contributed by atoms with Gasteiger partial charge in [0.1, 0.15) is 0 Å². The molecule has 6 heteroatoms. The van der Waals surface area contributed by atoms with Crippen LogP contribution in [-0.4, -0.2) is 37.7 Å². The van der Waals surface area contributed by atoms with Crippen LogP contribution in [-0.2, 0) is 4.79 Å². The second-order valence-corrected chi connectivity index (χ2v) is 4.31. The minimum Gasteiger partial charge on any atom is -0.377 e. The Labute approximate surface area is 112 Å². The molecule has 0 aliphatic rings. The lowest BCUT2D eigenvalue weighted by Crippen LogP contribution is -2.28. The van der Waals surface area contributed by atoms with E-state index in [1.807, 2.05) is 31.1 Å². The van der Waals surface area contributed by atoms with Crippen molar-refractivity contribution in [2.24, 2.45) is 0 Å². The SMILES string of the molecule is CN(C)c1ccccc1C(=O)NCCCC(=O)NO. The Kier molecular flexibility index (Phi) is 5.81. The van der Waals surface area contributed by atoms with E-state index in [9.17, 15) is 9.59 Å². The molecule has 0 aromatic heterocycles. The molecule has 0 radical (unpaired) electrons. The second-order valence-electron chi connectivity index (χ2n) is 4.31. The zero-order valence-electron chi connectivity index (χ0n) is 11.1. The quantitative estimate of drug-likeness (QED) is 0.403. The molecule has 0 heterocycles. The van der Waals surface area contributed by atoms with E-state index < -0.39 is 5.91 Å². The van der Waals surface area contributed by atoms with Gasteiger partial charge in [-0.15, -0.1) is 0 Å². The fourth-order valence-corrected chi connectivity index (χ4v) is 1.66. The van der Waals surface area contributed by atoms with Crippen molar-refractivity contribution in [2.45, 2.75) is 12.8 Å². The Morgan fingerprint density at radius 2 is 1.95 bits per heavy atom. The summed E-state index contributed by atoms with van der Waals surface area (Å²) in [6.07, 6.45) is 0.647. The van der Waals surface area contributed by atoms with Gasteiger partial charge in [-0.1, -0.05) is 12.1 Å². The predicted molar refractivity (Wildman–Crippen MR) is 72.3 cm³/mol. The molecular weight excluding hydrogens is 246 g/mol. The maximum atomic E-state index is 12.0. The van der Waals surface area contributed by atoms with Crippen LogP contribution in [0.25, 0.3) is 0 Å². The number of rotatable bonds is 6. The van der Waals surface area contributed by atoms with Crippen LogP contribution in [0.4, 0.5) is 5.69 Å². The Hall–Kier alpha value is -2.08. The average Bonchev–Trinajstić information content (AvgIpc) is 2.42. The van der Waals surface area contributed by atoms with Gasteiger partial charge in [-0.25, -0.2) is 5.48 Å². The van der Waals surface area contributed by atoms with Crippen molar-refractivity contribution < 1.29 is 14.8 Å². The van der Waals surface area contributed by atoms with Crippen LogP contribution in [0.1, 0.15) is 23.2 Å². The van der Waals surface area contributed by atoms with Crippen LogP contribution in [0, 0.1) is 0 Å². The molecule has 0 fully saturated rings. The number of carbonyl (C=O) groups excluding carboxylic acids is 2. The first kappa shape index (κ1) is 15.0. The summed E-state index contributed by atoms with van der Waals surface area (Å²) >= 11 is 0. The molecule has 0 spiro atoms. The highest BCUT2D eigenvalue weighted by Gasteiger charge is 2.11. The molecule has 104 valence electrons. The number of benzene rings is 1. The first-order chi connectivity index (χ1) is 9.06. The maximum Gasteiger partial charge on any atom is 0.253 e. The molecule has 0 bridgehead atoms. The van der Waals surface area contributed by atoms with E-state index in [4.69, 9.17) is 5.21 Å². The number of nitrogens with one attached hydrogen (secondary N) is 2. The van der Waals surface area contributed by atoms with Crippen molar-refractivity contribution >= 4 is 17.5 Å². The van der Waals surface area contributed by atoms with Crippen LogP contribution < -0.4 is 15.7 Å². The normalized spacial score (nSPS) is 9.84. The van der Waals surface area contributed by atoms with Crippen molar-refractivity contribution in [3.05, 3.63) is 29.8 Å². The van der Waals surface area contributed by atoms with Gasteiger partial charge in [-0.05, 0) is 18.6 Å². The van der Waals surface area contributed by atoms with Crippen LogP contribution in [0.15, 0.2) is 24.3 Å². The van der Waals surface area contributed by atoms with Crippen LogP contribution in [0.2, 0.25) is 0 Å². The Morgan fingerprint density at radius 1 is 1.26 bits per heavy atom. The van der Waals surface area contributed by atoms with Gasteiger partial charge < -0.3 is 10.2 Å². The van der Waals surface area contributed by atoms with Gasteiger partial charge in [0.15, 0.2) is 0 Å². The van der Waals surface area contributed by atoms with Gasteiger partial charge in [0, 0.05) is 32.7 Å². The van der Waals surface area contributed by atoms with E-state index in [0.717, 1.165) is 5.69 Å². The first-order valence-corrected chi connectivity index (χ1v) is 6.03. The topological polar surface area (TPSA) is 81.7 Å². The zero-order chi connectivity index (χ0) is 14.3. The molecule has 19 heavy (non-hydrogen) atoms. The number of hydrogen-bond donors (Lipinski definition) is 3. The summed E-state index contributed by atoms with van der Waals surface area (Å²) in [6, 6.07) is 7.30. The van der Waals surface area contributed by atoms with Crippen LogP contribution in [0.5, 0.6) is 0 Å². The minimum absolute atomic E-state index is 0.172. The van der Waals surface area contributed by atoms with Crippen molar-refractivity contribution in [3.8, 4) is 0 Å². The second kappa shape index (κ2) is 7.38. The van der Waals surface area contributed by atoms with Crippen molar-refractivity contribution in [3.63, 3.8) is 0 Å². The molecule has 1 aromatic carbocycles. The van der Waals surface area contributed by atoms with E-state index in [-0.39, 0.29) is 12.3 Å². The number of hydroxylamine groups is 1. The first-order valence-electron chi connectivity index (χ1n) is 6.03. The van der Waals surface area contributed by atoms with E-state index in [1.165, 1.54) is 0 Å². The lowest BCUT2D eigenvalue weighted by molar-refractivity contribution is -0.129. The van der Waals surface area contributed by atoms with Gasteiger partial charge in [0.05, 0.1) is 5.56 Å². The zero-order valence-corrected chi connectivity index (χ0v) is 11.1. The molecule has 0 atom stereocenters. The summed E-state index contributed by atoms with van der Waals surface area (Å²) < 4.78 is 0. The van der Waals surface area contributed by atoms with Crippen molar-refractivity contribution in [2.75, 3.05) is 25.5 Å². The van der Waals surface area contributed by atoms with Gasteiger partial charge in [-0.2, -0.15) is 0 Å².